The molecule has 0 aliphatic carbocycles. The number of hydrogen-bond donors (Lipinski definition) is 1. The third-order valence-corrected chi connectivity index (χ3v) is 3.23. The molecule has 0 unspecified atom stereocenters. The van der Waals surface area contributed by atoms with Crippen LogP contribution >= 0.6 is 0 Å². The van der Waals surface area contributed by atoms with E-state index >= 15 is 0 Å². The van der Waals surface area contributed by atoms with Gasteiger partial charge < -0.3 is 5.32 Å². The normalized spacial score (nSPS) is 11.3. The highest BCUT2D eigenvalue weighted by molar-refractivity contribution is 7.90. The maximum absolute atomic E-state index is 11.3. The van der Waals surface area contributed by atoms with Crippen LogP contribution in [0.2, 0.25) is 0 Å². The molecule has 84 valence electrons. The lowest BCUT2D eigenvalue weighted by molar-refractivity contribution is 0.602. The van der Waals surface area contributed by atoms with Crippen LogP contribution in [0.3, 0.4) is 0 Å². The molecule has 4 heteroatoms. The molecule has 0 fully saturated rings. The van der Waals surface area contributed by atoms with Crippen molar-refractivity contribution in [2.24, 2.45) is 0 Å². The van der Waals surface area contributed by atoms with Gasteiger partial charge in [0.15, 0.2) is 9.84 Å². The molecular formula is C11H17NO2S. The van der Waals surface area contributed by atoms with Crippen LogP contribution in [0.1, 0.15) is 19.8 Å². The summed E-state index contributed by atoms with van der Waals surface area (Å²) in [6, 6.07) is 6.92. The van der Waals surface area contributed by atoms with Crippen molar-refractivity contribution in [3.8, 4) is 0 Å². The number of rotatable bonds is 5. The van der Waals surface area contributed by atoms with Crippen molar-refractivity contribution in [3.05, 3.63) is 24.3 Å². The van der Waals surface area contributed by atoms with Crippen molar-refractivity contribution >= 4 is 15.5 Å². The topological polar surface area (TPSA) is 46.2 Å². The Morgan fingerprint density at radius 2 is 2.07 bits per heavy atom. The minimum atomic E-state index is -3.10. The van der Waals surface area contributed by atoms with Crippen LogP contribution in [-0.4, -0.2) is 21.2 Å². The van der Waals surface area contributed by atoms with Gasteiger partial charge in [-0.2, -0.15) is 0 Å². The average molecular weight is 227 g/mol. The lowest BCUT2D eigenvalue weighted by Gasteiger charge is -2.06. The van der Waals surface area contributed by atoms with Crippen molar-refractivity contribution < 1.29 is 8.42 Å². The third-order valence-electron chi connectivity index (χ3n) is 2.12. The lowest BCUT2D eigenvalue weighted by Crippen LogP contribution is -2.02. The molecular weight excluding hydrogens is 210 g/mol. The van der Waals surface area contributed by atoms with Crippen LogP contribution in [0.4, 0.5) is 5.69 Å². The Hall–Kier alpha value is -1.03. The van der Waals surface area contributed by atoms with Gasteiger partial charge in [-0.3, -0.25) is 0 Å². The molecule has 0 spiro atoms. The Morgan fingerprint density at radius 1 is 1.33 bits per heavy atom. The van der Waals surface area contributed by atoms with Crippen LogP contribution in [0.5, 0.6) is 0 Å². The molecule has 1 aromatic carbocycles. The number of nitrogens with one attached hydrogen (secondary N) is 1. The van der Waals surface area contributed by atoms with Gasteiger partial charge in [-0.05, 0) is 24.6 Å². The molecule has 0 saturated carbocycles. The molecule has 0 radical (unpaired) electrons. The summed E-state index contributed by atoms with van der Waals surface area (Å²) in [7, 11) is -3.10. The van der Waals surface area contributed by atoms with Crippen LogP contribution in [0.25, 0.3) is 0 Å². The summed E-state index contributed by atoms with van der Waals surface area (Å²) in [5.41, 5.74) is 0.867. The predicted molar refractivity (Wildman–Crippen MR) is 62.9 cm³/mol. The third kappa shape index (κ3) is 3.91. The minimum absolute atomic E-state index is 0.365. The standard InChI is InChI=1S/C11H17NO2S/c1-3-4-8-12-10-6-5-7-11(9-10)15(2,13)14/h5-7,9,12H,3-4,8H2,1-2H3. The molecule has 1 aromatic rings. The Balaban J connectivity index is 2.75. The summed E-state index contributed by atoms with van der Waals surface area (Å²) in [4.78, 5) is 0.365. The summed E-state index contributed by atoms with van der Waals surface area (Å²) in [5.74, 6) is 0. The van der Waals surface area contributed by atoms with Crippen LogP contribution in [0, 0.1) is 0 Å². The van der Waals surface area contributed by atoms with E-state index in [0.29, 0.717) is 4.90 Å². The predicted octanol–water partition coefficient (Wildman–Crippen LogP) is 2.30. The zero-order valence-electron chi connectivity index (χ0n) is 9.16. The Labute approximate surface area is 91.4 Å². The van der Waals surface area contributed by atoms with Crippen molar-refractivity contribution in [2.45, 2.75) is 24.7 Å². The van der Waals surface area contributed by atoms with Gasteiger partial charge in [0.25, 0.3) is 0 Å². The largest absolute Gasteiger partial charge is 0.385 e. The van der Waals surface area contributed by atoms with Gasteiger partial charge in [-0.1, -0.05) is 19.4 Å². The fourth-order valence-corrected chi connectivity index (χ4v) is 1.91. The van der Waals surface area contributed by atoms with E-state index in [0.717, 1.165) is 25.1 Å². The summed E-state index contributed by atoms with van der Waals surface area (Å²) in [5, 5.41) is 3.19. The quantitative estimate of drug-likeness (QED) is 0.785. The fraction of sp³-hybridized carbons (Fsp3) is 0.455. The highest BCUT2D eigenvalue weighted by Crippen LogP contribution is 2.15. The van der Waals surface area contributed by atoms with Gasteiger partial charge in [-0.25, -0.2) is 8.42 Å². The second-order valence-electron chi connectivity index (χ2n) is 3.58. The monoisotopic (exact) mass is 227 g/mol. The van der Waals surface area contributed by atoms with Crippen LogP contribution in [-0.2, 0) is 9.84 Å². The molecule has 3 nitrogen and oxygen atoms in total. The second-order valence-corrected chi connectivity index (χ2v) is 5.60. The molecule has 0 atom stereocenters. The number of benzene rings is 1. The first-order chi connectivity index (χ1) is 7.04. The van der Waals surface area contributed by atoms with E-state index in [1.165, 1.54) is 6.26 Å². The van der Waals surface area contributed by atoms with Crippen LogP contribution < -0.4 is 5.32 Å². The number of sulfone groups is 1. The highest BCUT2D eigenvalue weighted by atomic mass is 32.2. The van der Waals surface area contributed by atoms with E-state index in [-0.39, 0.29) is 0 Å². The van der Waals surface area contributed by atoms with Crippen molar-refractivity contribution in [1.82, 2.24) is 0 Å². The van der Waals surface area contributed by atoms with Gasteiger partial charge in [-0.15, -0.1) is 0 Å². The smallest absolute Gasteiger partial charge is 0.175 e. The Morgan fingerprint density at radius 3 is 2.67 bits per heavy atom. The molecule has 0 aromatic heterocycles. The van der Waals surface area contributed by atoms with Gasteiger partial charge in [0.05, 0.1) is 4.90 Å². The van der Waals surface area contributed by atoms with Crippen LogP contribution in [0.15, 0.2) is 29.2 Å². The average Bonchev–Trinajstić information content (AvgIpc) is 2.17. The van der Waals surface area contributed by atoms with E-state index in [1.54, 1.807) is 18.2 Å². The lowest BCUT2D eigenvalue weighted by atomic mass is 10.3. The van der Waals surface area contributed by atoms with E-state index in [2.05, 4.69) is 12.2 Å². The van der Waals surface area contributed by atoms with Crippen molar-refractivity contribution in [1.29, 1.82) is 0 Å². The highest BCUT2D eigenvalue weighted by Gasteiger charge is 2.06. The summed E-state index contributed by atoms with van der Waals surface area (Å²) >= 11 is 0. The molecule has 0 aliphatic heterocycles. The summed E-state index contributed by atoms with van der Waals surface area (Å²) < 4.78 is 22.6. The molecule has 0 heterocycles. The van der Waals surface area contributed by atoms with E-state index in [1.807, 2.05) is 6.07 Å². The van der Waals surface area contributed by atoms with E-state index in [9.17, 15) is 8.42 Å². The number of unbranched alkanes of at least 4 members (excludes halogenated alkanes) is 1. The zero-order valence-corrected chi connectivity index (χ0v) is 9.97. The maximum Gasteiger partial charge on any atom is 0.175 e. The Bertz CT molecular complexity index is 412. The zero-order chi connectivity index (χ0) is 11.3. The molecule has 15 heavy (non-hydrogen) atoms. The van der Waals surface area contributed by atoms with Crippen molar-refractivity contribution in [2.75, 3.05) is 18.1 Å². The molecule has 1 rings (SSSR count). The second kappa shape index (κ2) is 5.16. The summed E-state index contributed by atoms with van der Waals surface area (Å²) in [6.45, 7) is 3.00. The van der Waals surface area contributed by atoms with E-state index in [4.69, 9.17) is 0 Å². The molecule has 0 saturated heterocycles. The van der Waals surface area contributed by atoms with Gasteiger partial charge in [0.1, 0.15) is 0 Å². The molecule has 0 bridgehead atoms. The fourth-order valence-electron chi connectivity index (χ4n) is 1.25. The Kier molecular flexibility index (Phi) is 4.15. The molecule has 0 amide bonds. The minimum Gasteiger partial charge on any atom is -0.385 e. The first kappa shape index (κ1) is 12.0. The number of hydrogen-bond acceptors (Lipinski definition) is 3. The van der Waals surface area contributed by atoms with Gasteiger partial charge in [0.2, 0.25) is 0 Å². The first-order valence-corrected chi connectivity index (χ1v) is 6.97. The summed E-state index contributed by atoms with van der Waals surface area (Å²) in [6.07, 6.45) is 3.43. The van der Waals surface area contributed by atoms with Gasteiger partial charge >= 0.3 is 0 Å². The SMILES string of the molecule is CCCCNc1cccc(S(C)(=O)=O)c1. The van der Waals surface area contributed by atoms with Crippen molar-refractivity contribution in [3.63, 3.8) is 0 Å². The maximum atomic E-state index is 11.3. The van der Waals surface area contributed by atoms with Gasteiger partial charge in [0, 0.05) is 18.5 Å². The molecule has 0 aliphatic rings. The molecule has 1 N–H and O–H groups in total. The van der Waals surface area contributed by atoms with E-state index < -0.39 is 9.84 Å². The first-order valence-electron chi connectivity index (χ1n) is 5.08. The number of anilines is 1.